The third kappa shape index (κ3) is 3.79. The van der Waals surface area contributed by atoms with Crippen LogP contribution in [0, 0.1) is 0 Å². The first kappa shape index (κ1) is 18.7. The van der Waals surface area contributed by atoms with E-state index in [-0.39, 0.29) is 23.8 Å². The SMILES string of the molecule is NC(=O)C(c1ccc2c(c1)CC(=O)N2)[C@H](CN1CC[C@H](O)C1)c1ccccc1. The van der Waals surface area contributed by atoms with E-state index in [0.717, 1.165) is 35.3 Å². The van der Waals surface area contributed by atoms with Crippen molar-refractivity contribution in [3.8, 4) is 0 Å². The van der Waals surface area contributed by atoms with Crippen molar-refractivity contribution in [1.29, 1.82) is 0 Å². The van der Waals surface area contributed by atoms with Gasteiger partial charge in [-0.05, 0) is 29.2 Å². The van der Waals surface area contributed by atoms with Crippen LogP contribution in [0.4, 0.5) is 5.69 Å². The van der Waals surface area contributed by atoms with E-state index in [1.807, 2.05) is 48.5 Å². The monoisotopic (exact) mass is 379 g/mol. The first-order chi connectivity index (χ1) is 13.5. The van der Waals surface area contributed by atoms with Crippen LogP contribution in [0.15, 0.2) is 48.5 Å². The van der Waals surface area contributed by atoms with Crippen molar-refractivity contribution in [2.24, 2.45) is 5.73 Å². The molecule has 0 bridgehead atoms. The van der Waals surface area contributed by atoms with Crippen molar-refractivity contribution in [3.05, 3.63) is 65.2 Å². The predicted molar refractivity (Wildman–Crippen MR) is 107 cm³/mol. The summed E-state index contributed by atoms with van der Waals surface area (Å²) in [6.07, 6.45) is 0.749. The molecule has 0 aromatic heterocycles. The van der Waals surface area contributed by atoms with Crippen LogP contribution in [0.25, 0.3) is 0 Å². The molecule has 1 saturated heterocycles. The number of aliphatic hydroxyl groups is 1. The normalized spacial score (nSPS) is 21.2. The number of likely N-dealkylation sites (tertiary alicyclic amines) is 1. The van der Waals surface area contributed by atoms with Gasteiger partial charge in [-0.25, -0.2) is 0 Å². The van der Waals surface area contributed by atoms with E-state index in [9.17, 15) is 14.7 Å². The number of hydrogen-bond acceptors (Lipinski definition) is 4. The van der Waals surface area contributed by atoms with Crippen LogP contribution in [0.5, 0.6) is 0 Å². The van der Waals surface area contributed by atoms with Gasteiger partial charge in [0.1, 0.15) is 0 Å². The number of nitrogens with one attached hydrogen (secondary N) is 1. The minimum atomic E-state index is -0.513. The third-order valence-corrected chi connectivity index (χ3v) is 5.75. The van der Waals surface area contributed by atoms with Crippen LogP contribution in [-0.4, -0.2) is 47.6 Å². The van der Waals surface area contributed by atoms with Gasteiger partial charge in [0.2, 0.25) is 11.8 Å². The van der Waals surface area contributed by atoms with Crippen LogP contribution in [0.2, 0.25) is 0 Å². The Bertz CT molecular complexity index is 884. The van der Waals surface area contributed by atoms with Crippen molar-refractivity contribution in [3.63, 3.8) is 0 Å². The summed E-state index contributed by atoms with van der Waals surface area (Å²) >= 11 is 0. The van der Waals surface area contributed by atoms with E-state index < -0.39 is 5.92 Å². The summed E-state index contributed by atoms with van der Waals surface area (Å²) in [5, 5.41) is 12.7. The van der Waals surface area contributed by atoms with Gasteiger partial charge < -0.3 is 21.1 Å². The molecular weight excluding hydrogens is 354 g/mol. The van der Waals surface area contributed by atoms with Gasteiger partial charge in [0.25, 0.3) is 0 Å². The summed E-state index contributed by atoms with van der Waals surface area (Å²) < 4.78 is 0. The van der Waals surface area contributed by atoms with Crippen molar-refractivity contribution in [1.82, 2.24) is 4.90 Å². The highest BCUT2D eigenvalue weighted by molar-refractivity contribution is 5.99. The summed E-state index contributed by atoms with van der Waals surface area (Å²) in [5.41, 5.74) is 9.47. The van der Waals surface area contributed by atoms with Crippen LogP contribution < -0.4 is 11.1 Å². The number of aliphatic hydroxyl groups excluding tert-OH is 1. The number of rotatable bonds is 6. The molecule has 0 radical (unpaired) electrons. The number of β-amino-alcohol motifs (C(OH)–C–C–N with tert-alkyl or cyclic N) is 1. The lowest BCUT2D eigenvalue weighted by molar-refractivity contribution is -0.120. The highest BCUT2D eigenvalue weighted by atomic mass is 16.3. The predicted octanol–water partition coefficient (Wildman–Crippen LogP) is 1.60. The smallest absolute Gasteiger partial charge is 0.228 e. The summed E-state index contributed by atoms with van der Waals surface area (Å²) in [7, 11) is 0. The highest BCUT2D eigenvalue weighted by Crippen LogP contribution is 2.37. The van der Waals surface area contributed by atoms with Crippen molar-refractivity contribution in [2.75, 3.05) is 25.0 Å². The molecule has 4 N–H and O–H groups in total. The van der Waals surface area contributed by atoms with Crippen LogP contribution >= 0.6 is 0 Å². The lowest BCUT2D eigenvalue weighted by Gasteiger charge is -2.30. The maximum absolute atomic E-state index is 12.6. The van der Waals surface area contributed by atoms with Gasteiger partial charge in [-0.1, -0.05) is 42.5 Å². The molecule has 28 heavy (non-hydrogen) atoms. The second-order valence-electron chi connectivity index (χ2n) is 7.74. The van der Waals surface area contributed by atoms with Crippen LogP contribution in [0.1, 0.15) is 34.9 Å². The number of carbonyl (C=O) groups is 2. The second-order valence-corrected chi connectivity index (χ2v) is 7.74. The van der Waals surface area contributed by atoms with E-state index in [2.05, 4.69) is 10.2 Å². The molecule has 2 heterocycles. The Kier molecular flexibility index (Phi) is 5.15. The number of nitrogens with zero attached hydrogens (tertiary/aromatic N) is 1. The fourth-order valence-electron chi connectivity index (χ4n) is 4.40. The molecule has 0 saturated carbocycles. The molecule has 1 unspecified atom stereocenters. The summed E-state index contributed by atoms with van der Waals surface area (Å²) in [5.74, 6) is -1.06. The highest BCUT2D eigenvalue weighted by Gasteiger charge is 2.34. The van der Waals surface area contributed by atoms with Gasteiger partial charge in [0, 0.05) is 31.2 Å². The quantitative estimate of drug-likeness (QED) is 0.710. The number of nitrogens with two attached hydrogens (primary N) is 1. The number of amides is 2. The summed E-state index contributed by atoms with van der Waals surface area (Å²) in [4.78, 5) is 26.5. The minimum Gasteiger partial charge on any atom is -0.392 e. The molecule has 2 aliphatic heterocycles. The molecule has 2 aromatic rings. The number of primary amides is 1. The average molecular weight is 379 g/mol. The zero-order valence-corrected chi connectivity index (χ0v) is 15.7. The Morgan fingerprint density at radius 3 is 2.68 bits per heavy atom. The standard InChI is InChI=1S/C22H25N3O3/c23-22(28)21(15-6-7-19-16(10-15)11-20(27)24-19)18(14-4-2-1-3-5-14)13-25-9-8-17(26)12-25/h1-7,10,17-18,21,26H,8-9,11-13H2,(H2,23,28)(H,24,27)/t17-,18+,21?/m0/s1. The fourth-order valence-corrected chi connectivity index (χ4v) is 4.40. The van der Waals surface area contributed by atoms with Gasteiger partial charge in [-0.2, -0.15) is 0 Å². The van der Waals surface area contributed by atoms with E-state index in [1.54, 1.807) is 0 Å². The van der Waals surface area contributed by atoms with E-state index in [4.69, 9.17) is 5.73 Å². The molecule has 4 rings (SSSR count). The first-order valence-corrected chi connectivity index (χ1v) is 9.68. The van der Waals surface area contributed by atoms with Gasteiger partial charge in [0.05, 0.1) is 18.4 Å². The topological polar surface area (TPSA) is 95.7 Å². The zero-order chi connectivity index (χ0) is 19.7. The summed E-state index contributed by atoms with van der Waals surface area (Å²) in [6.45, 7) is 2.05. The molecule has 6 nitrogen and oxygen atoms in total. The molecule has 6 heteroatoms. The van der Waals surface area contributed by atoms with Crippen molar-refractivity contribution in [2.45, 2.75) is 30.8 Å². The van der Waals surface area contributed by atoms with Crippen LogP contribution in [-0.2, 0) is 16.0 Å². The molecular formula is C22H25N3O3. The zero-order valence-electron chi connectivity index (χ0n) is 15.7. The van der Waals surface area contributed by atoms with E-state index in [1.165, 1.54) is 0 Å². The molecule has 3 atom stereocenters. The number of benzene rings is 2. The number of hydrogen-bond donors (Lipinski definition) is 3. The van der Waals surface area contributed by atoms with Gasteiger partial charge in [-0.3, -0.25) is 9.59 Å². The Morgan fingerprint density at radius 1 is 1.21 bits per heavy atom. The Labute approximate surface area is 164 Å². The molecule has 1 fully saturated rings. The van der Waals surface area contributed by atoms with E-state index in [0.29, 0.717) is 19.5 Å². The number of anilines is 1. The number of fused-ring (bicyclic) bond motifs is 1. The second kappa shape index (κ2) is 7.73. The fraction of sp³-hybridized carbons (Fsp3) is 0.364. The molecule has 0 spiro atoms. The molecule has 2 amide bonds. The summed E-state index contributed by atoms with van der Waals surface area (Å²) in [6, 6.07) is 15.6. The molecule has 146 valence electrons. The lowest BCUT2D eigenvalue weighted by atomic mass is 9.80. The lowest BCUT2D eigenvalue weighted by Crippen LogP contribution is -2.35. The van der Waals surface area contributed by atoms with Crippen molar-refractivity contribution >= 4 is 17.5 Å². The molecule has 0 aliphatic carbocycles. The Balaban J connectivity index is 1.70. The maximum atomic E-state index is 12.6. The first-order valence-electron chi connectivity index (χ1n) is 9.68. The third-order valence-electron chi connectivity index (χ3n) is 5.75. The Hall–Kier alpha value is -2.70. The minimum absolute atomic E-state index is 0.0339. The Morgan fingerprint density at radius 2 is 2.00 bits per heavy atom. The largest absolute Gasteiger partial charge is 0.392 e. The van der Waals surface area contributed by atoms with Gasteiger partial charge >= 0.3 is 0 Å². The maximum Gasteiger partial charge on any atom is 0.228 e. The molecule has 2 aliphatic rings. The van der Waals surface area contributed by atoms with Crippen molar-refractivity contribution < 1.29 is 14.7 Å². The molecule has 2 aromatic carbocycles. The van der Waals surface area contributed by atoms with Gasteiger partial charge in [-0.15, -0.1) is 0 Å². The van der Waals surface area contributed by atoms with Crippen LogP contribution in [0.3, 0.4) is 0 Å². The van der Waals surface area contributed by atoms with E-state index >= 15 is 0 Å². The average Bonchev–Trinajstić information content (AvgIpc) is 3.25. The number of carbonyl (C=O) groups excluding carboxylic acids is 2. The van der Waals surface area contributed by atoms with Gasteiger partial charge in [0.15, 0.2) is 0 Å².